The maximum absolute atomic E-state index is 5.52. The zero-order chi connectivity index (χ0) is 11.3. The van der Waals surface area contributed by atoms with E-state index in [1.165, 1.54) is 0 Å². The van der Waals surface area contributed by atoms with E-state index >= 15 is 0 Å². The highest BCUT2D eigenvalue weighted by Gasteiger charge is 2.09. The van der Waals surface area contributed by atoms with Gasteiger partial charge in [0, 0.05) is 18.0 Å². The highest BCUT2D eigenvalue weighted by molar-refractivity contribution is 7.72. The molecule has 1 aromatic carbocycles. The summed E-state index contributed by atoms with van der Waals surface area (Å²) in [7, 11) is 1.93. The van der Waals surface area contributed by atoms with E-state index in [2.05, 4.69) is 10.1 Å². The number of fused-ring (bicyclic) bond motifs is 2. The molecule has 1 N–H and O–H groups in total. The summed E-state index contributed by atoms with van der Waals surface area (Å²) in [6.45, 7) is 1.99. The largest absolute Gasteiger partial charge is 0.339 e. The van der Waals surface area contributed by atoms with Crippen molar-refractivity contribution in [3.63, 3.8) is 0 Å². The molecule has 0 unspecified atom stereocenters. The minimum atomic E-state index is 0.884. The molecule has 2 heterocycles. The SMILES string of the molecule is Cc1nn(C)c2[nH]c3ccccc3c(=S)c12. The van der Waals surface area contributed by atoms with Crippen LogP contribution in [0.1, 0.15) is 5.69 Å². The standard InChI is InChI=1S/C12H11N3S/c1-7-10-11(16)8-5-3-4-6-9(8)13-12(10)15(2)14-7/h3-6H,1-2H3,(H,13,16). The van der Waals surface area contributed by atoms with Crippen LogP contribution in [0.25, 0.3) is 21.9 Å². The van der Waals surface area contributed by atoms with Gasteiger partial charge in [0.05, 0.1) is 15.6 Å². The van der Waals surface area contributed by atoms with Crippen LogP contribution in [0.15, 0.2) is 24.3 Å². The number of rotatable bonds is 0. The topological polar surface area (TPSA) is 33.6 Å². The quantitative estimate of drug-likeness (QED) is 0.601. The summed E-state index contributed by atoms with van der Waals surface area (Å²) in [5, 5.41) is 6.53. The fraction of sp³-hybridized carbons (Fsp3) is 0.167. The summed E-state index contributed by atoms with van der Waals surface area (Å²) in [6.07, 6.45) is 0. The van der Waals surface area contributed by atoms with Gasteiger partial charge in [-0.2, -0.15) is 5.10 Å². The molecule has 4 heteroatoms. The third-order valence-corrected chi connectivity index (χ3v) is 3.30. The minimum Gasteiger partial charge on any atom is -0.339 e. The first-order chi connectivity index (χ1) is 7.68. The summed E-state index contributed by atoms with van der Waals surface area (Å²) >= 11 is 5.52. The molecule has 0 aliphatic carbocycles. The number of aryl methyl sites for hydroxylation is 2. The molecular formula is C12H11N3S. The molecule has 0 radical (unpaired) electrons. The van der Waals surface area contributed by atoms with Crippen LogP contribution in [0, 0.1) is 11.4 Å². The molecule has 0 saturated carbocycles. The van der Waals surface area contributed by atoms with Crippen LogP contribution < -0.4 is 0 Å². The van der Waals surface area contributed by atoms with Gasteiger partial charge in [-0.05, 0) is 13.0 Å². The molecule has 0 atom stereocenters. The van der Waals surface area contributed by atoms with E-state index < -0.39 is 0 Å². The van der Waals surface area contributed by atoms with Gasteiger partial charge in [-0.3, -0.25) is 4.68 Å². The van der Waals surface area contributed by atoms with Gasteiger partial charge in [0.25, 0.3) is 0 Å². The lowest BCUT2D eigenvalue weighted by atomic mass is 10.1. The fourth-order valence-corrected chi connectivity index (χ4v) is 2.55. The number of aromatic amines is 1. The van der Waals surface area contributed by atoms with Crippen LogP contribution in [-0.2, 0) is 7.05 Å². The molecule has 16 heavy (non-hydrogen) atoms. The first kappa shape index (κ1) is 9.54. The Morgan fingerprint density at radius 2 is 2.06 bits per heavy atom. The molecule has 0 saturated heterocycles. The number of pyridine rings is 1. The van der Waals surface area contributed by atoms with Crippen molar-refractivity contribution in [3.05, 3.63) is 34.5 Å². The molecule has 0 amide bonds. The predicted octanol–water partition coefficient (Wildman–Crippen LogP) is 3.09. The Morgan fingerprint density at radius 1 is 1.31 bits per heavy atom. The lowest BCUT2D eigenvalue weighted by molar-refractivity contribution is 0.775. The van der Waals surface area contributed by atoms with Crippen molar-refractivity contribution < 1.29 is 0 Å². The van der Waals surface area contributed by atoms with E-state index in [4.69, 9.17) is 12.2 Å². The monoisotopic (exact) mass is 229 g/mol. The molecule has 3 aromatic rings. The van der Waals surface area contributed by atoms with Crippen molar-refractivity contribution in [3.8, 4) is 0 Å². The fourth-order valence-electron chi connectivity index (χ4n) is 2.13. The Labute approximate surface area is 97.7 Å². The second kappa shape index (κ2) is 3.15. The van der Waals surface area contributed by atoms with E-state index in [0.29, 0.717) is 0 Å². The van der Waals surface area contributed by atoms with Crippen LogP contribution in [-0.4, -0.2) is 14.8 Å². The third-order valence-electron chi connectivity index (χ3n) is 2.87. The summed E-state index contributed by atoms with van der Waals surface area (Å²) in [6, 6.07) is 8.08. The third kappa shape index (κ3) is 1.13. The Balaban J connectivity index is 2.69. The van der Waals surface area contributed by atoms with Crippen LogP contribution in [0.2, 0.25) is 0 Å². The van der Waals surface area contributed by atoms with Crippen molar-refractivity contribution in [1.29, 1.82) is 0 Å². The maximum Gasteiger partial charge on any atom is 0.137 e. The van der Waals surface area contributed by atoms with Gasteiger partial charge < -0.3 is 4.98 Å². The zero-order valence-corrected chi connectivity index (χ0v) is 9.93. The second-order valence-electron chi connectivity index (χ2n) is 3.93. The van der Waals surface area contributed by atoms with E-state index in [0.717, 1.165) is 32.1 Å². The highest BCUT2D eigenvalue weighted by Crippen LogP contribution is 2.23. The van der Waals surface area contributed by atoms with Gasteiger partial charge >= 0.3 is 0 Å². The van der Waals surface area contributed by atoms with E-state index in [9.17, 15) is 0 Å². The molecule has 0 fully saturated rings. The molecule has 2 aromatic heterocycles. The average molecular weight is 229 g/mol. The molecule has 0 aliphatic heterocycles. The number of para-hydroxylation sites is 1. The van der Waals surface area contributed by atoms with Crippen molar-refractivity contribution in [1.82, 2.24) is 14.8 Å². The van der Waals surface area contributed by atoms with Crippen molar-refractivity contribution in [2.75, 3.05) is 0 Å². The normalized spacial score (nSPS) is 11.4. The minimum absolute atomic E-state index is 0.884. The zero-order valence-electron chi connectivity index (χ0n) is 9.11. The smallest absolute Gasteiger partial charge is 0.137 e. The van der Waals surface area contributed by atoms with Gasteiger partial charge in [0.2, 0.25) is 0 Å². The number of benzene rings is 1. The van der Waals surface area contributed by atoms with E-state index in [-0.39, 0.29) is 0 Å². The van der Waals surface area contributed by atoms with E-state index in [1.54, 1.807) is 0 Å². The average Bonchev–Trinajstić information content (AvgIpc) is 2.55. The second-order valence-corrected chi connectivity index (χ2v) is 4.34. The maximum atomic E-state index is 5.52. The number of H-pyrrole nitrogens is 1. The number of nitrogens with one attached hydrogen (secondary N) is 1. The van der Waals surface area contributed by atoms with Crippen LogP contribution in [0.5, 0.6) is 0 Å². The van der Waals surface area contributed by atoms with Crippen molar-refractivity contribution in [2.24, 2.45) is 7.05 Å². The summed E-state index contributed by atoms with van der Waals surface area (Å²) in [5.74, 6) is 0. The van der Waals surface area contributed by atoms with Crippen LogP contribution >= 0.6 is 12.2 Å². The first-order valence-corrected chi connectivity index (χ1v) is 5.53. The Morgan fingerprint density at radius 3 is 2.88 bits per heavy atom. The molecular weight excluding hydrogens is 218 g/mol. The molecule has 3 rings (SSSR count). The van der Waals surface area contributed by atoms with Gasteiger partial charge in [-0.25, -0.2) is 0 Å². The van der Waals surface area contributed by atoms with E-state index in [1.807, 2.05) is 42.9 Å². The number of nitrogens with zero attached hydrogens (tertiary/aromatic N) is 2. The van der Waals surface area contributed by atoms with Crippen molar-refractivity contribution >= 4 is 34.2 Å². The van der Waals surface area contributed by atoms with Gasteiger partial charge in [0.15, 0.2) is 0 Å². The van der Waals surface area contributed by atoms with Gasteiger partial charge in [0.1, 0.15) is 5.65 Å². The van der Waals surface area contributed by atoms with Gasteiger partial charge in [-0.15, -0.1) is 0 Å². The van der Waals surface area contributed by atoms with Gasteiger partial charge in [-0.1, -0.05) is 30.4 Å². The summed E-state index contributed by atoms with van der Waals surface area (Å²) < 4.78 is 2.72. The lowest BCUT2D eigenvalue weighted by Gasteiger charge is -2.01. The number of aromatic nitrogens is 3. The first-order valence-electron chi connectivity index (χ1n) is 5.13. The Kier molecular flexibility index (Phi) is 1.88. The number of hydrogen-bond acceptors (Lipinski definition) is 2. The molecule has 0 aliphatic rings. The molecule has 80 valence electrons. The molecule has 0 spiro atoms. The van der Waals surface area contributed by atoms with Crippen molar-refractivity contribution in [2.45, 2.75) is 6.92 Å². The molecule has 3 nitrogen and oxygen atoms in total. The number of hydrogen-bond donors (Lipinski definition) is 1. The highest BCUT2D eigenvalue weighted by atomic mass is 32.1. The van der Waals surface area contributed by atoms with Crippen LogP contribution in [0.3, 0.4) is 0 Å². The predicted molar refractivity (Wildman–Crippen MR) is 68.1 cm³/mol. The summed E-state index contributed by atoms with van der Waals surface area (Å²) in [5.41, 5.74) is 3.02. The Bertz CT molecular complexity index is 752. The summed E-state index contributed by atoms with van der Waals surface area (Å²) in [4.78, 5) is 3.37. The molecule has 0 bridgehead atoms. The van der Waals surface area contributed by atoms with Crippen LogP contribution in [0.4, 0.5) is 0 Å². The lowest BCUT2D eigenvalue weighted by Crippen LogP contribution is -1.92. The Hall–Kier alpha value is -1.68.